The highest BCUT2D eigenvalue weighted by atomic mass is 16.5. The molecule has 94 valence electrons. The zero-order chi connectivity index (χ0) is 12.0. The summed E-state index contributed by atoms with van der Waals surface area (Å²) in [6.45, 7) is 8.76. The van der Waals surface area contributed by atoms with Crippen molar-refractivity contribution in [3.63, 3.8) is 0 Å². The van der Waals surface area contributed by atoms with Crippen LogP contribution in [0.25, 0.3) is 0 Å². The van der Waals surface area contributed by atoms with E-state index in [9.17, 15) is 4.79 Å². The third-order valence-corrected chi connectivity index (χ3v) is 2.62. The molecule has 16 heavy (non-hydrogen) atoms. The first-order valence-electron chi connectivity index (χ1n) is 5.98. The van der Waals surface area contributed by atoms with Crippen LogP contribution in [0, 0.1) is 0 Å². The first-order chi connectivity index (χ1) is 7.63. The summed E-state index contributed by atoms with van der Waals surface area (Å²) in [5, 5.41) is 9.42. The van der Waals surface area contributed by atoms with Gasteiger partial charge in [-0.2, -0.15) is 0 Å². The number of ether oxygens (including phenoxy) is 1. The molecule has 1 rings (SSSR count). The van der Waals surface area contributed by atoms with E-state index >= 15 is 0 Å². The molecule has 0 spiro atoms. The van der Waals surface area contributed by atoms with E-state index in [1.807, 2.05) is 13.8 Å². The molecule has 3 N–H and O–H groups in total. The van der Waals surface area contributed by atoms with Crippen LogP contribution in [0.1, 0.15) is 20.8 Å². The summed E-state index contributed by atoms with van der Waals surface area (Å²) >= 11 is 0. The zero-order valence-electron chi connectivity index (χ0n) is 10.4. The molecule has 5 nitrogen and oxygen atoms in total. The highest BCUT2D eigenvalue weighted by molar-refractivity contribution is 5.82. The van der Waals surface area contributed by atoms with Crippen molar-refractivity contribution in [2.45, 2.75) is 38.9 Å². The Hall–Kier alpha value is -0.650. The van der Waals surface area contributed by atoms with Crippen LogP contribution in [0.2, 0.25) is 0 Å². The van der Waals surface area contributed by atoms with Gasteiger partial charge in [0.25, 0.3) is 0 Å². The summed E-state index contributed by atoms with van der Waals surface area (Å²) in [6.07, 6.45) is 0. The molecule has 3 unspecified atom stereocenters. The molecule has 0 aromatic carbocycles. The fraction of sp³-hybridized carbons (Fsp3) is 0.909. The Kier molecular flexibility index (Phi) is 5.73. The monoisotopic (exact) mass is 229 g/mol. The molecular formula is C11H23N3O2. The van der Waals surface area contributed by atoms with E-state index < -0.39 is 0 Å². The quantitative estimate of drug-likeness (QED) is 0.593. The smallest absolute Gasteiger partial charge is 0.238 e. The summed E-state index contributed by atoms with van der Waals surface area (Å²) in [5.41, 5.74) is 0. The normalized spacial score (nSPS) is 27.4. The topological polar surface area (TPSA) is 62.4 Å². The van der Waals surface area contributed by atoms with Gasteiger partial charge in [-0.15, -0.1) is 0 Å². The number of carbonyl (C=O) groups excluding carboxylic acids is 1. The highest BCUT2D eigenvalue weighted by Gasteiger charge is 2.23. The van der Waals surface area contributed by atoms with E-state index in [1.54, 1.807) is 0 Å². The van der Waals surface area contributed by atoms with Gasteiger partial charge in [-0.25, -0.2) is 0 Å². The van der Waals surface area contributed by atoms with Crippen LogP contribution in [-0.2, 0) is 9.53 Å². The van der Waals surface area contributed by atoms with Gasteiger partial charge in [-0.3, -0.25) is 4.79 Å². The number of piperazine rings is 1. The lowest BCUT2D eigenvalue weighted by Crippen LogP contribution is -2.60. The summed E-state index contributed by atoms with van der Waals surface area (Å²) in [6, 6.07) is 0.374. The average Bonchev–Trinajstić information content (AvgIpc) is 2.27. The SMILES string of the molecule is CCOCC(C)NC(=O)C1CNC(C)CN1. The second-order valence-electron chi connectivity index (χ2n) is 4.34. The Morgan fingerprint density at radius 1 is 1.50 bits per heavy atom. The van der Waals surface area contributed by atoms with Gasteiger partial charge in [0.05, 0.1) is 12.6 Å². The largest absolute Gasteiger partial charge is 0.380 e. The lowest BCUT2D eigenvalue weighted by Gasteiger charge is -2.29. The van der Waals surface area contributed by atoms with Crippen molar-refractivity contribution in [3.05, 3.63) is 0 Å². The van der Waals surface area contributed by atoms with Gasteiger partial charge in [0.2, 0.25) is 5.91 Å². The molecule has 1 amide bonds. The van der Waals surface area contributed by atoms with E-state index in [2.05, 4.69) is 22.9 Å². The zero-order valence-corrected chi connectivity index (χ0v) is 10.4. The van der Waals surface area contributed by atoms with Gasteiger partial charge in [0, 0.05) is 31.8 Å². The minimum Gasteiger partial charge on any atom is -0.380 e. The maximum absolute atomic E-state index is 11.8. The number of hydrogen-bond donors (Lipinski definition) is 3. The second kappa shape index (κ2) is 6.83. The predicted octanol–water partition coefficient (Wildman–Crippen LogP) is -0.522. The van der Waals surface area contributed by atoms with Gasteiger partial charge < -0.3 is 20.7 Å². The molecular weight excluding hydrogens is 206 g/mol. The summed E-state index contributed by atoms with van der Waals surface area (Å²) in [7, 11) is 0. The van der Waals surface area contributed by atoms with Crippen LogP contribution in [0.5, 0.6) is 0 Å². The number of nitrogens with one attached hydrogen (secondary N) is 3. The molecule has 0 saturated carbocycles. The minimum atomic E-state index is -0.125. The third kappa shape index (κ3) is 4.47. The van der Waals surface area contributed by atoms with Crippen LogP contribution in [0.15, 0.2) is 0 Å². The van der Waals surface area contributed by atoms with Gasteiger partial charge in [0.1, 0.15) is 0 Å². The van der Waals surface area contributed by atoms with Crippen molar-refractivity contribution in [2.75, 3.05) is 26.3 Å². The van der Waals surface area contributed by atoms with Crippen LogP contribution in [0.3, 0.4) is 0 Å². The molecule has 0 bridgehead atoms. The Bertz CT molecular complexity index is 215. The Morgan fingerprint density at radius 3 is 2.81 bits per heavy atom. The number of rotatable bonds is 5. The van der Waals surface area contributed by atoms with Crippen LogP contribution in [0.4, 0.5) is 0 Å². The molecule has 1 aliphatic rings. The maximum atomic E-state index is 11.8. The van der Waals surface area contributed by atoms with Crippen molar-refractivity contribution in [2.24, 2.45) is 0 Å². The molecule has 0 aromatic rings. The molecule has 1 heterocycles. The predicted molar refractivity (Wildman–Crippen MR) is 63.4 cm³/mol. The molecule has 1 fully saturated rings. The molecule has 1 aliphatic heterocycles. The summed E-state index contributed by atoms with van der Waals surface area (Å²) < 4.78 is 5.25. The van der Waals surface area contributed by atoms with Crippen LogP contribution < -0.4 is 16.0 Å². The molecule has 5 heteroatoms. The molecule has 0 aromatic heterocycles. The Labute approximate surface area is 97.3 Å². The van der Waals surface area contributed by atoms with Crippen molar-refractivity contribution in [1.29, 1.82) is 0 Å². The van der Waals surface area contributed by atoms with E-state index in [-0.39, 0.29) is 18.0 Å². The van der Waals surface area contributed by atoms with E-state index in [4.69, 9.17) is 4.74 Å². The van der Waals surface area contributed by atoms with Gasteiger partial charge >= 0.3 is 0 Å². The van der Waals surface area contributed by atoms with E-state index in [0.29, 0.717) is 25.8 Å². The summed E-state index contributed by atoms with van der Waals surface area (Å²) in [5.74, 6) is 0.0478. The van der Waals surface area contributed by atoms with Crippen molar-refractivity contribution >= 4 is 5.91 Å². The summed E-state index contributed by atoms with van der Waals surface area (Å²) in [4.78, 5) is 11.8. The average molecular weight is 229 g/mol. The molecule has 3 atom stereocenters. The van der Waals surface area contributed by atoms with Gasteiger partial charge in [-0.1, -0.05) is 0 Å². The standard InChI is InChI=1S/C11H23N3O2/c1-4-16-7-9(3)14-11(15)10-6-12-8(2)5-13-10/h8-10,12-13H,4-7H2,1-3H3,(H,14,15). The van der Waals surface area contributed by atoms with Crippen molar-refractivity contribution in [3.8, 4) is 0 Å². The maximum Gasteiger partial charge on any atom is 0.238 e. The first-order valence-corrected chi connectivity index (χ1v) is 5.98. The number of hydrogen-bond acceptors (Lipinski definition) is 4. The fourth-order valence-corrected chi connectivity index (χ4v) is 1.65. The van der Waals surface area contributed by atoms with Crippen LogP contribution in [-0.4, -0.2) is 50.3 Å². The van der Waals surface area contributed by atoms with Crippen molar-refractivity contribution in [1.82, 2.24) is 16.0 Å². The number of amides is 1. The highest BCUT2D eigenvalue weighted by Crippen LogP contribution is 1.94. The molecule has 0 aliphatic carbocycles. The van der Waals surface area contributed by atoms with E-state index in [1.165, 1.54) is 0 Å². The third-order valence-electron chi connectivity index (χ3n) is 2.62. The van der Waals surface area contributed by atoms with Gasteiger partial charge in [0.15, 0.2) is 0 Å². The first kappa shape index (κ1) is 13.4. The minimum absolute atomic E-state index is 0.0478. The lowest BCUT2D eigenvalue weighted by atomic mass is 10.1. The Morgan fingerprint density at radius 2 is 2.25 bits per heavy atom. The lowest BCUT2D eigenvalue weighted by molar-refractivity contribution is -0.124. The molecule has 0 radical (unpaired) electrons. The molecule has 1 saturated heterocycles. The Balaban J connectivity index is 2.23. The van der Waals surface area contributed by atoms with Crippen LogP contribution >= 0.6 is 0 Å². The van der Waals surface area contributed by atoms with E-state index in [0.717, 1.165) is 6.54 Å². The second-order valence-corrected chi connectivity index (χ2v) is 4.34. The fourth-order valence-electron chi connectivity index (χ4n) is 1.65. The van der Waals surface area contributed by atoms with Crippen molar-refractivity contribution < 1.29 is 9.53 Å². The number of carbonyl (C=O) groups is 1. The van der Waals surface area contributed by atoms with Gasteiger partial charge in [-0.05, 0) is 20.8 Å².